The van der Waals surface area contributed by atoms with E-state index >= 15 is 0 Å². The molecule has 0 amide bonds. The molecule has 1 aliphatic rings. The van der Waals surface area contributed by atoms with Crippen LogP contribution in [0, 0.1) is 0 Å². The van der Waals surface area contributed by atoms with Gasteiger partial charge in [0.2, 0.25) is 0 Å². The molecule has 0 spiro atoms. The summed E-state index contributed by atoms with van der Waals surface area (Å²) in [6.45, 7) is 4.26. The number of ether oxygens (including phenoxy) is 2. The van der Waals surface area contributed by atoms with Crippen LogP contribution in [0.3, 0.4) is 0 Å². The number of esters is 1. The fourth-order valence-corrected chi connectivity index (χ4v) is 2.69. The van der Waals surface area contributed by atoms with Gasteiger partial charge in [-0.3, -0.25) is 4.79 Å². The Hall–Kier alpha value is -0.260. The van der Waals surface area contributed by atoms with Crippen molar-refractivity contribution in [3.63, 3.8) is 0 Å². The summed E-state index contributed by atoms with van der Waals surface area (Å²) in [4.78, 5) is 11.2. The second kappa shape index (κ2) is 7.14. The molecule has 4 nitrogen and oxygen atoms in total. The Morgan fingerprint density at radius 2 is 2.38 bits per heavy atom. The lowest BCUT2D eigenvalue weighted by atomic mass is 10.2. The van der Waals surface area contributed by atoms with Gasteiger partial charge in [0.1, 0.15) is 6.04 Å². The first-order valence-corrected chi connectivity index (χ1v) is 6.94. The standard InChI is InChI=1S/C11H21NO3S/c1-3-14-11(13)10(12)7-16-6-9-5-4-8(2)15-9/h8-10H,3-7,12H2,1-2H3. The summed E-state index contributed by atoms with van der Waals surface area (Å²) in [7, 11) is 0. The van der Waals surface area contributed by atoms with E-state index in [4.69, 9.17) is 15.2 Å². The average Bonchev–Trinajstić information content (AvgIpc) is 2.64. The molecule has 0 aromatic carbocycles. The minimum atomic E-state index is -0.510. The summed E-state index contributed by atoms with van der Waals surface area (Å²) >= 11 is 1.66. The van der Waals surface area contributed by atoms with Crippen molar-refractivity contribution in [3.8, 4) is 0 Å². The Labute approximate surface area is 101 Å². The van der Waals surface area contributed by atoms with E-state index in [0.717, 1.165) is 18.6 Å². The minimum Gasteiger partial charge on any atom is -0.465 e. The first kappa shape index (κ1) is 13.8. The van der Waals surface area contributed by atoms with E-state index in [9.17, 15) is 4.79 Å². The van der Waals surface area contributed by atoms with E-state index in [0.29, 0.717) is 24.6 Å². The van der Waals surface area contributed by atoms with Crippen LogP contribution in [0.15, 0.2) is 0 Å². The quantitative estimate of drug-likeness (QED) is 0.714. The second-order valence-corrected chi connectivity index (χ2v) is 5.12. The Morgan fingerprint density at radius 1 is 1.62 bits per heavy atom. The zero-order chi connectivity index (χ0) is 12.0. The molecule has 0 saturated carbocycles. The summed E-state index contributed by atoms with van der Waals surface area (Å²) in [5, 5.41) is 0. The number of nitrogens with two attached hydrogens (primary N) is 1. The normalized spacial score (nSPS) is 26.7. The van der Waals surface area contributed by atoms with Gasteiger partial charge in [0.15, 0.2) is 0 Å². The summed E-state index contributed by atoms with van der Waals surface area (Å²) in [6, 6.07) is -0.510. The smallest absolute Gasteiger partial charge is 0.323 e. The molecule has 0 bridgehead atoms. The highest BCUT2D eigenvalue weighted by Gasteiger charge is 2.22. The highest BCUT2D eigenvalue weighted by Crippen LogP contribution is 2.22. The predicted molar refractivity (Wildman–Crippen MR) is 65.5 cm³/mol. The molecular formula is C11H21NO3S. The highest BCUT2D eigenvalue weighted by molar-refractivity contribution is 7.99. The average molecular weight is 247 g/mol. The van der Waals surface area contributed by atoms with Crippen molar-refractivity contribution < 1.29 is 14.3 Å². The van der Waals surface area contributed by atoms with Gasteiger partial charge in [0.25, 0.3) is 0 Å². The first-order chi connectivity index (χ1) is 7.63. The zero-order valence-corrected chi connectivity index (χ0v) is 10.8. The molecule has 1 saturated heterocycles. The number of rotatable bonds is 6. The summed E-state index contributed by atoms with van der Waals surface area (Å²) in [5.41, 5.74) is 5.68. The molecular weight excluding hydrogens is 226 g/mol. The molecule has 16 heavy (non-hydrogen) atoms. The van der Waals surface area contributed by atoms with Gasteiger partial charge < -0.3 is 15.2 Å². The molecule has 0 aromatic rings. The molecule has 1 fully saturated rings. The van der Waals surface area contributed by atoms with Crippen molar-refractivity contribution in [2.45, 2.75) is 44.9 Å². The maximum absolute atomic E-state index is 11.2. The lowest BCUT2D eigenvalue weighted by Crippen LogP contribution is -2.35. The van der Waals surface area contributed by atoms with Gasteiger partial charge in [-0.05, 0) is 26.7 Å². The molecule has 1 heterocycles. The van der Waals surface area contributed by atoms with Gasteiger partial charge >= 0.3 is 5.97 Å². The summed E-state index contributed by atoms with van der Waals surface area (Å²) < 4.78 is 10.5. The predicted octanol–water partition coefficient (Wildman–Crippen LogP) is 1.18. The van der Waals surface area contributed by atoms with Gasteiger partial charge in [0.05, 0.1) is 18.8 Å². The molecule has 5 heteroatoms. The van der Waals surface area contributed by atoms with Gasteiger partial charge in [-0.25, -0.2) is 0 Å². The third-order valence-corrected chi connectivity index (χ3v) is 3.71. The molecule has 0 aromatic heterocycles. The van der Waals surface area contributed by atoms with Crippen LogP contribution in [0.4, 0.5) is 0 Å². The summed E-state index contributed by atoms with van der Waals surface area (Å²) in [5.74, 6) is 1.21. The van der Waals surface area contributed by atoms with Crippen LogP contribution in [-0.2, 0) is 14.3 Å². The highest BCUT2D eigenvalue weighted by atomic mass is 32.2. The maximum atomic E-state index is 11.2. The van der Waals surface area contributed by atoms with Crippen LogP contribution in [0.25, 0.3) is 0 Å². The van der Waals surface area contributed by atoms with Crippen LogP contribution >= 0.6 is 11.8 Å². The number of thioether (sulfide) groups is 1. The van der Waals surface area contributed by atoms with Gasteiger partial charge in [-0.15, -0.1) is 0 Å². The SMILES string of the molecule is CCOC(=O)C(N)CSCC1CCC(C)O1. The van der Waals surface area contributed by atoms with E-state index < -0.39 is 6.04 Å². The fourth-order valence-electron chi connectivity index (χ4n) is 1.65. The van der Waals surface area contributed by atoms with Crippen molar-refractivity contribution in [2.75, 3.05) is 18.1 Å². The van der Waals surface area contributed by atoms with Crippen LogP contribution in [-0.4, -0.2) is 42.3 Å². The molecule has 0 aliphatic carbocycles. The maximum Gasteiger partial charge on any atom is 0.323 e. The first-order valence-electron chi connectivity index (χ1n) is 5.79. The number of hydrogen-bond donors (Lipinski definition) is 1. The Balaban J connectivity index is 2.08. The largest absolute Gasteiger partial charge is 0.465 e. The Bertz CT molecular complexity index is 225. The number of hydrogen-bond acceptors (Lipinski definition) is 5. The third-order valence-electron chi connectivity index (χ3n) is 2.51. The van der Waals surface area contributed by atoms with E-state index in [1.165, 1.54) is 0 Å². The van der Waals surface area contributed by atoms with Crippen molar-refractivity contribution in [1.82, 2.24) is 0 Å². The van der Waals surface area contributed by atoms with Crippen LogP contribution in [0.2, 0.25) is 0 Å². The monoisotopic (exact) mass is 247 g/mol. The van der Waals surface area contributed by atoms with Gasteiger partial charge in [-0.1, -0.05) is 0 Å². The van der Waals surface area contributed by atoms with Crippen molar-refractivity contribution >= 4 is 17.7 Å². The molecule has 0 radical (unpaired) electrons. The van der Waals surface area contributed by atoms with E-state index in [1.54, 1.807) is 18.7 Å². The van der Waals surface area contributed by atoms with Crippen LogP contribution in [0.5, 0.6) is 0 Å². The van der Waals surface area contributed by atoms with Crippen molar-refractivity contribution in [2.24, 2.45) is 5.73 Å². The lowest BCUT2D eigenvalue weighted by Gasteiger charge is -2.13. The Kier molecular flexibility index (Phi) is 6.16. The third kappa shape index (κ3) is 4.72. The minimum absolute atomic E-state index is 0.310. The molecule has 3 unspecified atom stereocenters. The summed E-state index contributed by atoms with van der Waals surface area (Å²) in [6.07, 6.45) is 2.96. The molecule has 1 aliphatic heterocycles. The molecule has 94 valence electrons. The molecule has 2 N–H and O–H groups in total. The molecule has 1 rings (SSSR count). The van der Waals surface area contributed by atoms with E-state index in [2.05, 4.69) is 6.92 Å². The van der Waals surface area contributed by atoms with Gasteiger partial charge in [-0.2, -0.15) is 11.8 Å². The number of carbonyl (C=O) groups excluding carboxylic acids is 1. The zero-order valence-electron chi connectivity index (χ0n) is 9.98. The number of carbonyl (C=O) groups is 1. The van der Waals surface area contributed by atoms with Crippen molar-refractivity contribution in [1.29, 1.82) is 0 Å². The second-order valence-electron chi connectivity index (χ2n) is 4.04. The topological polar surface area (TPSA) is 61.5 Å². The fraction of sp³-hybridized carbons (Fsp3) is 0.909. The van der Waals surface area contributed by atoms with Crippen molar-refractivity contribution in [3.05, 3.63) is 0 Å². The van der Waals surface area contributed by atoms with Crippen LogP contribution in [0.1, 0.15) is 26.7 Å². The molecule has 3 atom stereocenters. The van der Waals surface area contributed by atoms with Crippen LogP contribution < -0.4 is 5.73 Å². The van der Waals surface area contributed by atoms with E-state index in [-0.39, 0.29) is 5.97 Å². The Morgan fingerprint density at radius 3 is 2.94 bits per heavy atom. The lowest BCUT2D eigenvalue weighted by molar-refractivity contribution is -0.144. The van der Waals surface area contributed by atoms with E-state index in [1.807, 2.05) is 0 Å². The van der Waals surface area contributed by atoms with Gasteiger partial charge in [0, 0.05) is 11.5 Å².